The van der Waals surface area contributed by atoms with Gasteiger partial charge in [0.2, 0.25) is 0 Å². The SMILES string of the molecule is CCN(CC)CCC(N)C1CCOC2(CCSCC2)C1. The van der Waals surface area contributed by atoms with Gasteiger partial charge in [0.15, 0.2) is 0 Å². The highest BCUT2D eigenvalue weighted by molar-refractivity contribution is 7.99. The van der Waals surface area contributed by atoms with Crippen LogP contribution in [0.15, 0.2) is 0 Å². The van der Waals surface area contributed by atoms with Crippen molar-refractivity contribution in [2.45, 2.75) is 57.6 Å². The van der Waals surface area contributed by atoms with Crippen LogP contribution in [-0.2, 0) is 4.74 Å². The number of nitrogens with zero attached hydrogens (tertiary/aromatic N) is 1. The van der Waals surface area contributed by atoms with Crippen LogP contribution in [0.3, 0.4) is 0 Å². The van der Waals surface area contributed by atoms with E-state index in [0.717, 1.165) is 39.1 Å². The quantitative estimate of drug-likeness (QED) is 0.818. The third-order valence-electron chi connectivity index (χ3n) is 5.21. The maximum Gasteiger partial charge on any atom is 0.0701 e. The Bertz CT molecular complexity index is 272. The minimum Gasteiger partial charge on any atom is -0.375 e. The molecule has 118 valence electrons. The van der Waals surface area contributed by atoms with Crippen molar-refractivity contribution in [2.75, 3.05) is 37.7 Å². The Balaban J connectivity index is 1.81. The van der Waals surface area contributed by atoms with E-state index in [1.54, 1.807) is 0 Å². The van der Waals surface area contributed by atoms with E-state index in [2.05, 4.69) is 30.5 Å². The smallest absolute Gasteiger partial charge is 0.0701 e. The Morgan fingerprint density at radius 1 is 1.30 bits per heavy atom. The fourth-order valence-electron chi connectivity index (χ4n) is 3.63. The van der Waals surface area contributed by atoms with Gasteiger partial charge in [-0.2, -0.15) is 11.8 Å². The molecule has 2 unspecified atom stereocenters. The zero-order valence-electron chi connectivity index (χ0n) is 13.3. The van der Waals surface area contributed by atoms with Crippen LogP contribution < -0.4 is 5.73 Å². The lowest BCUT2D eigenvalue weighted by atomic mass is 9.78. The zero-order chi connectivity index (χ0) is 14.4. The average Bonchev–Trinajstić information content (AvgIpc) is 2.49. The van der Waals surface area contributed by atoms with Gasteiger partial charge in [-0.05, 0) is 69.2 Å². The highest BCUT2D eigenvalue weighted by Gasteiger charge is 2.40. The maximum atomic E-state index is 6.51. The van der Waals surface area contributed by atoms with Crippen LogP contribution in [0.25, 0.3) is 0 Å². The molecule has 3 nitrogen and oxygen atoms in total. The maximum absolute atomic E-state index is 6.51. The van der Waals surface area contributed by atoms with Crippen molar-refractivity contribution in [1.29, 1.82) is 0 Å². The summed E-state index contributed by atoms with van der Waals surface area (Å²) in [5.41, 5.74) is 6.69. The summed E-state index contributed by atoms with van der Waals surface area (Å²) in [5.74, 6) is 3.20. The van der Waals surface area contributed by atoms with Crippen molar-refractivity contribution in [1.82, 2.24) is 4.90 Å². The molecular formula is C16H32N2OS. The van der Waals surface area contributed by atoms with E-state index in [1.165, 1.54) is 30.8 Å². The molecule has 0 amide bonds. The molecule has 0 aromatic heterocycles. The van der Waals surface area contributed by atoms with Gasteiger partial charge in [-0.25, -0.2) is 0 Å². The molecule has 2 atom stereocenters. The van der Waals surface area contributed by atoms with Gasteiger partial charge in [0.25, 0.3) is 0 Å². The zero-order valence-corrected chi connectivity index (χ0v) is 14.1. The molecule has 2 heterocycles. The first-order chi connectivity index (χ1) is 9.69. The van der Waals surface area contributed by atoms with E-state index in [4.69, 9.17) is 10.5 Å². The molecule has 2 aliphatic heterocycles. The summed E-state index contributed by atoms with van der Waals surface area (Å²) in [5, 5.41) is 0. The molecule has 2 N–H and O–H groups in total. The number of thioether (sulfide) groups is 1. The molecule has 0 aromatic carbocycles. The van der Waals surface area contributed by atoms with Crippen molar-refractivity contribution in [3.63, 3.8) is 0 Å². The van der Waals surface area contributed by atoms with Gasteiger partial charge in [-0.3, -0.25) is 0 Å². The monoisotopic (exact) mass is 300 g/mol. The number of hydrogen-bond acceptors (Lipinski definition) is 4. The fraction of sp³-hybridized carbons (Fsp3) is 1.00. The molecule has 2 aliphatic rings. The summed E-state index contributed by atoms with van der Waals surface area (Å²) < 4.78 is 6.18. The molecule has 1 spiro atoms. The Kier molecular flexibility index (Phi) is 6.66. The summed E-state index contributed by atoms with van der Waals surface area (Å²) in [6.45, 7) is 8.81. The van der Waals surface area contributed by atoms with Crippen molar-refractivity contribution >= 4 is 11.8 Å². The lowest BCUT2D eigenvalue weighted by molar-refractivity contribution is -0.106. The van der Waals surface area contributed by atoms with Crippen molar-refractivity contribution < 1.29 is 4.74 Å². The molecule has 0 aromatic rings. The molecule has 4 heteroatoms. The summed E-state index contributed by atoms with van der Waals surface area (Å²) >= 11 is 2.07. The fourth-order valence-corrected chi connectivity index (χ4v) is 4.87. The van der Waals surface area contributed by atoms with Crippen LogP contribution in [0.2, 0.25) is 0 Å². The second kappa shape index (κ2) is 8.02. The normalized spacial score (nSPS) is 27.9. The third-order valence-corrected chi connectivity index (χ3v) is 6.20. The minimum absolute atomic E-state index is 0.182. The van der Waals surface area contributed by atoms with Gasteiger partial charge < -0.3 is 15.4 Å². The van der Waals surface area contributed by atoms with Crippen LogP contribution in [0.5, 0.6) is 0 Å². The van der Waals surface area contributed by atoms with Crippen LogP contribution in [0, 0.1) is 5.92 Å². The van der Waals surface area contributed by atoms with Crippen LogP contribution >= 0.6 is 11.8 Å². The topological polar surface area (TPSA) is 38.5 Å². The standard InChI is InChI=1S/C16H32N2OS/c1-3-18(4-2)9-5-15(17)14-6-10-19-16(13-14)7-11-20-12-8-16/h14-15H,3-13,17H2,1-2H3. The predicted octanol–water partition coefficient (Wildman–Crippen LogP) is 2.74. The first-order valence-corrected chi connectivity index (χ1v) is 9.54. The van der Waals surface area contributed by atoms with E-state index in [-0.39, 0.29) is 5.60 Å². The van der Waals surface area contributed by atoms with Gasteiger partial charge in [0.1, 0.15) is 0 Å². The Hall–Kier alpha value is 0.230. The van der Waals surface area contributed by atoms with Crippen molar-refractivity contribution in [3.8, 4) is 0 Å². The summed E-state index contributed by atoms with van der Waals surface area (Å²) in [6.07, 6.45) is 5.96. The van der Waals surface area contributed by atoms with Crippen molar-refractivity contribution in [3.05, 3.63) is 0 Å². The molecule has 0 aliphatic carbocycles. The molecule has 2 saturated heterocycles. The molecule has 2 rings (SSSR count). The highest BCUT2D eigenvalue weighted by atomic mass is 32.2. The largest absolute Gasteiger partial charge is 0.375 e. The van der Waals surface area contributed by atoms with Crippen molar-refractivity contribution in [2.24, 2.45) is 11.7 Å². The summed E-state index contributed by atoms with van der Waals surface area (Å²) in [7, 11) is 0. The van der Waals surface area contributed by atoms with E-state index >= 15 is 0 Å². The number of hydrogen-bond donors (Lipinski definition) is 1. The summed E-state index contributed by atoms with van der Waals surface area (Å²) in [4.78, 5) is 2.48. The average molecular weight is 301 g/mol. The lowest BCUT2D eigenvalue weighted by Crippen LogP contribution is -2.47. The van der Waals surface area contributed by atoms with Crippen LogP contribution in [0.1, 0.15) is 46.0 Å². The van der Waals surface area contributed by atoms with Crippen LogP contribution in [-0.4, -0.2) is 54.3 Å². The second-order valence-electron chi connectivity index (χ2n) is 6.38. The van der Waals surface area contributed by atoms with Gasteiger partial charge >= 0.3 is 0 Å². The number of nitrogens with two attached hydrogens (primary N) is 1. The molecule has 0 radical (unpaired) electrons. The van der Waals surface area contributed by atoms with Gasteiger partial charge in [0.05, 0.1) is 5.60 Å². The number of ether oxygens (including phenoxy) is 1. The first kappa shape index (κ1) is 16.6. The Labute approximate surface area is 129 Å². The van der Waals surface area contributed by atoms with E-state index in [9.17, 15) is 0 Å². The van der Waals surface area contributed by atoms with E-state index in [1.807, 2.05) is 0 Å². The molecule has 2 fully saturated rings. The Morgan fingerprint density at radius 2 is 2.00 bits per heavy atom. The lowest BCUT2D eigenvalue weighted by Gasteiger charge is -2.45. The molecule has 0 bridgehead atoms. The summed E-state index contributed by atoms with van der Waals surface area (Å²) in [6, 6.07) is 0.353. The molecule has 20 heavy (non-hydrogen) atoms. The van der Waals surface area contributed by atoms with E-state index < -0.39 is 0 Å². The Morgan fingerprint density at radius 3 is 2.65 bits per heavy atom. The second-order valence-corrected chi connectivity index (χ2v) is 7.60. The van der Waals surface area contributed by atoms with E-state index in [0.29, 0.717) is 12.0 Å². The van der Waals surface area contributed by atoms with Crippen LogP contribution in [0.4, 0.5) is 0 Å². The number of rotatable bonds is 6. The van der Waals surface area contributed by atoms with Gasteiger partial charge in [-0.15, -0.1) is 0 Å². The predicted molar refractivity (Wildman–Crippen MR) is 88.3 cm³/mol. The third kappa shape index (κ3) is 4.36. The highest BCUT2D eigenvalue weighted by Crippen LogP contribution is 2.40. The van der Waals surface area contributed by atoms with Gasteiger partial charge in [0, 0.05) is 12.6 Å². The first-order valence-electron chi connectivity index (χ1n) is 8.39. The molecule has 0 saturated carbocycles. The minimum atomic E-state index is 0.182. The molecular weight excluding hydrogens is 268 g/mol. The van der Waals surface area contributed by atoms with Gasteiger partial charge in [-0.1, -0.05) is 13.8 Å².